The van der Waals surface area contributed by atoms with E-state index in [0.717, 1.165) is 41.7 Å². The van der Waals surface area contributed by atoms with E-state index in [2.05, 4.69) is 15.6 Å². The molecule has 0 saturated carbocycles. The number of amides is 2. The lowest BCUT2D eigenvalue weighted by molar-refractivity contribution is -0.121. The van der Waals surface area contributed by atoms with Crippen LogP contribution in [0.1, 0.15) is 62.5 Å². The molecule has 2 N–H and O–H groups in total. The molecule has 0 aliphatic heterocycles. The molecular formula is C22H29N3O4S. The number of hydrogen-bond donors (Lipinski definition) is 2. The first-order valence-corrected chi connectivity index (χ1v) is 10.9. The molecule has 2 amide bonds. The fraction of sp³-hybridized carbons (Fsp3) is 0.455. The Morgan fingerprint density at radius 3 is 2.47 bits per heavy atom. The predicted molar refractivity (Wildman–Crippen MR) is 117 cm³/mol. The normalized spacial score (nSPS) is 11.0. The van der Waals surface area contributed by atoms with E-state index in [0.29, 0.717) is 25.2 Å². The molecular weight excluding hydrogens is 402 g/mol. The number of alkyl carbamates (subject to hydrolysis) is 1. The molecule has 1 heterocycles. The van der Waals surface area contributed by atoms with E-state index in [1.54, 1.807) is 5.38 Å². The quantitative estimate of drug-likeness (QED) is 0.431. The highest BCUT2D eigenvalue weighted by molar-refractivity contribution is 7.13. The first-order valence-electron chi connectivity index (χ1n) is 10.0. The molecule has 7 nitrogen and oxygen atoms in total. The molecule has 0 saturated heterocycles. The number of rotatable bonds is 10. The Morgan fingerprint density at radius 2 is 1.83 bits per heavy atom. The third kappa shape index (κ3) is 8.73. The molecule has 8 heteroatoms. The van der Waals surface area contributed by atoms with Crippen LogP contribution >= 0.6 is 11.3 Å². The topological polar surface area (TPSA) is 97.4 Å². The van der Waals surface area contributed by atoms with Crippen LogP contribution in [0.15, 0.2) is 29.6 Å². The summed E-state index contributed by atoms with van der Waals surface area (Å²) in [5.74, 6) is 0.00901. The maximum Gasteiger partial charge on any atom is 0.407 e. The molecule has 0 atom stereocenters. The van der Waals surface area contributed by atoms with Gasteiger partial charge in [0.2, 0.25) is 5.91 Å². The number of nitrogens with zero attached hydrogens (tertiary/aromatic N) is 1. The van der Waals surface area contributed by atoms with Gasteiger partial charge in [0.15, 0.2) is 6.29 Å². The second-order valence-corrected chi connectivity index (χ2v) is 8.77. The average Bonchev–Trinajstić information content (AvgIpc) is 3.17. The minimum absolute atomic E-state index is 0.00901. The van der Waals surface area contributed by atoms with Crippen LogP contribution in [-0.2, 0) is 16.1 Å². The fourth-order valence-electron chi connectivity index (χ4n) is 2.62. The second-order valence-electron chi connectivity index (χ2n) is 7.91. The molecule has 1 aromatic heterocycles. The Labute approximate surface area is 181 Å². The van der Waals surface area contributed by atoms with Crippen LogP contribution in [0.5, 0.6) is 0 Å². The third-order valence-electron chi connectivity index (χ3n) is 4.08. The van der Waals surface area contributed by atoms with Crippen molar-refractivity contribution in [1.82, 2.24) is 15.6 Å². The summed E-state index contributed by atoms with van der Waals surface area (Å²) >= 11 is 1.43. The van der Waals surface area contributed by atoms with Gasteiger partial charge in [-0.3, -0.25) is 9.59 Å². The number of nitrogens with one attached hydrogen (secondary N) is 2. The maximum absolute atomic E-state index is 12.0. The Bertz CT molecular complexity index is 841. The fourth-order valence-corrected chi connectivity index (χ4v) is 3.39. The number of thiazole rings is 1. The largest absolute Gasteiger partial charge is 0.444 e. The van der Waals surface area contributed by atoms with Gasteiger partial charge in [-0.2, -0.15) is 0 Å². The smallest absolute Gasteiger partial charge is 0.407 e. The highest BCUT2D eigenvalue weighted by Crippen LogP contribution is 2.23. The van der Waals surface area contributed by atoms with E-state index in [9.17, 15) is 14.4 Å². The van der Waals surface area contributed by atoms with Crippen molar-refractivity contribution in [2.45, 2.75) is 58.6 Å². The molecule has 0 spiro atoms. The van der Waals surface area contributed by atoms with Crippen molar-refractivity contribution in [3.8, 4) is 10.6 Å². The average molecular weight is 432 g/mol. The standard InChI is InChI=1S/C22H29N3O4S/c1-22(2,3)29-21(28)23-12-6-4-5-7-19(27)24-13-16-8-10-17(11-9-16)20-25-18(14-26)15-30-20/h8-11,14-15H,4-7,12-13H2,1-3H3,(H,23,28)(H,24,27). The number of carbonyl (C=O) groups excluding carboxylic acids is 3. The second kappa shape index (κ2) is 11.4. The number of ether oxygens (including phenoxy) is 1. The van der Waals surface area contributed by atoms with Crippen molar-refractivity contribution in [2.24, 2.45) is 0 Å². The predicted octanol–water partition coefficient (Wildman–Crippen LogP) is 4.32. The molecule has 30 heavy (non-hydrogen) atoms. The van der Waals surface area contributed by atoms with Gasteiger partial charge in [0.25, 0.3) is 0 Å². The van der Waals surface area contributed by atoms with E-state index in [1.165, 1.54) is 11.3 Å². The molecule has 0 bridgehead atoms. The zero-order valence-electron chi connectivity index (χ0n) is 17.7. The number of aldehydes is 1. The van der Waals surface area contributed by atoms with Gasteiger partial charge in [0, 0.05) is 30.5 Å². The highest BCUT2D eigenvalue weighted by Gasteiger charge is 2.15. The summed E-state index contributed by atoms with van der Waals surface area (Å²) < 4.78 is 5.16. The summed E-state index contributed by atoms with van der Waals surface area (Å²) in [5.41, 5.74) is 1.89. The molecule has 0 aliphatic rings. The van der Waals surface area contributed by atoms with Crippen LogP contribution < -0.4 is 10.6 Å². The Kier molecular flexibility index (Phi) is 8.98. The summed E-state index contributed by atoms with van der Waals surface area (Å²) in [5, 5.41) is 8.16. The number of hydrogen-bond acceptors (Lipinski definition) is 6. The van der Waals surface area contributed by atoms with Crippen LogP contribution in [0, 0.1) is 0 Å². The lowest BCUT2D eigenvalue weighted by Gasteiger charge is -2.19. The van der Waals surface area contributed by atoms with Crippen LogP contribution in [0.2, 0.25) is 0 Å². The zero-order chi connectivity index (χ0) is 22.0. The van der Waals surface area contributed by atoms with Crippen LogP contribution in [0.25, 0.3) is 10.6 Å². The highest BCUT2D eigenvalue weighted by atomic mass is 32.1. The van der Waals surface area contributed by atoms with Crippen molar-refractivity contribution in [2.75, 3.05) is 6.54 Å². The molecule has 2 aromatic rings. The van der Waals surface area contributed by atoms with Gasteiger partial charge >= 0.3 is 6.09 Å². The van der Waals surface area contributed by atoms with E-state index in [-0.39, 0.29) is 5.91 Å². The molecule has 1 aromatic carbocycles. The molecule has 0 fully saturated rings. The van der Waals surface area contributed by atoms with E-state index in [4.69, 9.17) is 4.74 Å². The summed E-state index contributed by atoms with van der Waals surface area (Å²) in [6.45, 7) is 6.48. The van der Waals surface area contributed by atoms with E-state index < -0.39 is 11.7 Å². The van der Waals surface area contributed by atoms with Gasteiger partial charge in [-0.15, -0.1) is 11.3 Å². The summed E-state index contributed by atoms with van der Waals surface area (Å²) in [7, 11) is 0. The van der Waals surface area contributed by atoms with Gasteiger partial charge in [-0.1, -0.05) is 30.7 Å². The van der Waals surface area contributed by atoms with Crippen molar-refractivity contribution >= 4 is 29.6 Å². The summed E-state index contributed by atoms with van der Waals surface area (Å²) in [6, 6.07) is 7.76. The SMILES string of the molecule is CC(C)(C)OC(=O)NCCCCCC(=O)NCc1ccc(-c2nc(C=O)cs2)cc1. The van der Waals surface area contributed by atoms with Gasteiger partial charge in [-0.05, 0) is 39.2 Å². The monoisotopic (exact) mass is 431 g/mol. The number of carbonyl (C=O) groups is 3. The Balaban J connectivity index is 1.59. The van der Waals surface area contributed by atoms with Crippen LogP contribution in [0.3, 0.4) is 0 Å². The van der Waals surface area contributed by atoms with Crippen molar-refractivity contribution in [1.29, 1.82) is 0 Å². The lowest BCUT2D eigenvalue weighted by atomic mass is 10.1. The molecule has 0 unspecified atom stereocenters. The van der Waals surface area contributed by atoms with Crippen LogP contribution in [-0.4, -0.2) is 35.4 Å². The first-order chi connectivity index (χ1) is 14.3. The van der Waals surface area contributed by atoms with Gasteiger partial charge in [-0.25, -0.2) is 9.78 Å². The van der Waals surface area contributed by atoms with E-state index in [1.807, 2.05) is 45.0 Å². The number of benzene rings is 1. The molecule has 162 valence electrons. The van der Waals surface area contributed by atoms with Gasteiger partial charge in [0.1, 0.15) is 16.3 Å². The number of unbranched alkanes of at least 4 members (excludes halogenated alkanes) is 2. The molecule has 0 aliphatic carbocycles. The van der Waals surface area contributed by atoms with Gasteiger partial charge in [0.05, 0.1) is 0 Å². The summed E-state index contributed by atoms with van der Waals surface area (Å²) in [6.07, 6.45) is 3.21. The minimum Gasteiger partial charge on any atom is -0.444 e. The van der Waals surface area contributed by atoms with Crippen molar-refractivity contribution in [3.63, 3.8) is 0 Å². The molecule has 2 rings (SSSR count). The summed E-state index contributed by atoms with van der Waals surface area (Å²) in [4.78, 5) is 38.5. The first kappa shape index (κ1) is 23.5. The minimum atomic E-state index is -0.497. The van der Waals surface area contributed by atoms with Gasteiger partial charge < -0.3 is 15.4 Å². The van der Waals surface area contributed by atoms with Crippen molar-refractivity contribution < 1.29 is 19.1 Å². The Morgan fingerprint density at radius 1 is 1.10 bits per heavy atom. The Hall–Kier alpha value is -2.74. The third-order valence-corrected chi connectivity index (χ3v) is 4.99. The lowest BCUT2D eigenvalue weighted by Crippen LogP contribution is -2.33. The molecule has 0 radical (unpaired) electrons. The zero-order valence-corrected chi connectivity index (χ0v) is 18.5. The van der Waals surface area contributed by atoms with E-state index >= 15 is 0 Å². The van der Waals surface area contributed by atoms with Crippen LogP contribution in [0.4, 0.5) is 4.79 Å². The van der Waals surface area contributed by atoms with Crippen molar-refractivity contribution in [3.05, 3.63) is 40.9 Å². The number of aromatic nitrogens is 1. The maximum atomic E-state index is 12.0.